The van der Waals surface area contributed by atoms with Gasteiger partial charge in [-0.15, -0.1) is 0 Å². The molecule has 2 heterocycles. The van der Waals surface area contributed by atoms with Gasteiger partial charge in [-0.3, -0.25) is 4.98 Å². The highest BCUT2D eigenvalue weighted by molar-refractivity contribution is 5.81. The lowest BCUT2D eigenvalue weighted by molar-refractivity contribution is 0.988. The first-order valence-electron chi connectivity index (χ1n) is 6.47. The lowest BCUT2D eigenvalue weighted by Gasteiger charge is -2.07. The van der Waals surface area contributed by atoms with E-state index in [1.54, 1.807) is 12.4 Å². The zero-order chi connectivity index (χ0) is 13.8. The quantitative estimate of drug-likeness (QED) is 0.756. The molecule has 5 nitrogen and oxygen atoms in total. The first-order valence-corrected chi connectivity index (χ1v) is 6.47. The number of hydrogen-bond donors (Lipinski definition) is 2. The zero-order valence-electron chi connectivity index (χ0n) is 11.0. The second-order valence-corrected chi connectivity index (χ2v) is 4.51. The van der Waals surface area contributed by atoms with Crippen LogP contribution in [0.2, 0.25) is 0 Å². The number of pyridine rings is 1. The lowest BCUT2D eigenvalue weighted by atomic mass is 10.1. The van der Waals surface area contributed by atoms with E-state index in [4.69, 9.17) is 5.73 Å². The summed E-state index contributed by atoms with van der Waals surface area (Å²) in [6.07, 6.45) is 5.87. The van der Waals surface area contributed by atoms with Crippen LogP contribution in [0.25, 0.3) is 10.9 Å². The number of aromatic nitrogens is 3. The smallest absolute Gasteiger partial charge is 0.222 e. The molecule has 0 saturated carbocycles. The Balaban J connectivity index is 1.69. The van der Waals surface area contributed by atoms with Crippen LogP contribution < -0.4 is 11.1 Å². The van der Waals surface area contributed by atoms with Crippen molar-refractivity contribution in [2.24, 2.45) is 0 Å². The van der Waals surface area contributed by atoms with Crippen LogP contribution in [0.15, 0.2) is 48.9 Å². The van der Waals surface area contributed by atoms with Gasteiger partial charge in [-0.05, 0) is 18.1 Å². The van der Waals surface area contributed by atoms with Crippen molar-refractivity contribution in [3.8, 4) is 0 Å². The Kier molecular flexibility index (Phi) is 3.41. The minimum absolute atomic E-state index is 0.564. The largest absolute Gasteiger partial charge is 0.396 e. The molecule has 100 valence electrons. The minimum atomic E-state index is 0.564. The molecule has 0 aliphatic heterocycles. The number of rotatable bonds is 4. The Bertz CT molecular complexity index is 704. The van der Waals surface area contributed by atoms with Crippen molar-refractivity contribution < 1.29 is 0 Å². The normalized spacial score (nSPS) is 10.6. The number of nitrogens with zero attached hydrogens (tertiary/aromatic N) is 3. The van der Waals surface area contributed by atoms with Gasteiger partial charge in [0.2, 0.25) is 5.95 Å². The summed E-state index contributed by atoms with van der Waals surface area (Å²) < 4.78 is 0. The molecule has 0 aliphatic carbocycles. The van der Waals surface area contributed by atoms with E-state index in [0.29, 0.717) is 11.6 Å². The van der Waals surface area contributed by atoms with E-state index >= 15 is 0 Å². The fourth-order valence-corrected chi connectivity index (χ4v) is 2.11. The van der Waals surface area contributed by atoms with Crippen molar-refractivity contribution in [1.29, 1.82) is 0 Å². The molecule has 3 rings (SSSR count). The highest BCUT2D eigenvalue weighted by Gasteiger charge is 2.02. The van der Waals surface area contributed by atoms with E-state index in [-0.39, 0.29) is 0 Å². The first kappa shape index (κ1) is 12.3. The number of nitrogen functional groups attached to an aromatic ring is 1. The number of fused-ring (bicyclic) bond motifs is 1. The summed E-state index contributed by atoms with van der Waals surface area (Å²) in [6.45, 7) is 0.750. The number of hydrogen-bond acceptors (Lipinski definition) is 5. The van der Waals surface area contributed by atoms with Crippen LogP contribution in [0.3, 0.4) is 0 Å². The molecule has 2 aromatic heterocycles. The Morgan fingerprint density at radius 2 is 1.80 bits per heavy atom. The third-order valence-corrected chi connectivity index (χ3v) is 3.07. The molecule has 0 unspecified atom stereocenters. The number of para-hydroxylation sites is 1. The highest BCUT2D eigenvalue weighted by Crippen LogP contribution is 2.16. The number of anilines is 2. The predicted octanol–water partition coefficient (Wildman–Crippen LogP) is 2.26. The van der Waals surface area contributed by atoms with Gasteiger partial charge in [0, 0.05) is 18.1 Å². The van der Waals surface area contributed by atoms with Crippen molar-refractivity contribution in [3.63, 3.8) is 0 Å². The lowest BCUT2D eigenvalue weighted by Crippen LogP contribution is -2.08. The Morgan fingerprint density at radius 1 is 1.00 bits per heavy atom. The molecule has 20 heavy (non-hydrogen) atoms. The van der Waals surface area contributed by atoms with Crippen molar-refractivity contribution in [1.82, 2.24) is 15.0 Å². The molecule has 0 fully saturated rings. The maximum absolute atomic E-state index is 5.55. The van der Waals surface area contributed by atoms with E-state index in [1.807, 2.05) is 12.3 Å². The van der Waals surface area contributed by atoms with Gasteiger partial charge in [0.25, 0.3) is 0 Å². The standard InChI is InChI=1S/C15H15N5/c16-13-9-19-15(20-10-13)18-8-6-12-4-1-3-11-5-2-7-17-14(11)12/h1-5,7,9-10H,6,8,16H2,(H,18,19,20). The summed E-state index contributed by atoms with van der Waals surface area (Å²) in [5, 5.41) is 4.34. The van der Waals surface area contributed by atoms with Crippen LogP contribution in [0, 0.1) is 0 Å². The van der Waals surface area contributed by atoms with E-state index in [2.05, 4.69) is 44.5 Å². The predicted molar refractivity (Wildman–Crippen MR) is 80.4 cm³/mol. The third-order valence-electron chi connectivity index (χ3n) is 3.07. The molecular formula is C15H15N5. The zero-order valence-corrected chi connectivity index (χ0v) is 11.0. The second kappa shape index (κ2) is 5.52. The average Bonchev–Trinajstić information content (AvgIpc) is 2.49. The fraction of sp³-hybridized carbons (Fsp3) is 0.133. The van der Waals surface area contributed by atoms with E-state index < -0.39 is 0 Å². The number of nitrogens with one attached hydrogen (secondary N) is 1. The molecule has 0 atom stereocenters. The fourth-order valence-electron chi connectivity index (χ4n) is 2.11. The van der Waals surface area contributed by atoms with Gasteiger partial charge < -0.3 is 11.1 Å². The second-order valence-electron chi connectivity index (χ2n) is 4.51. The van der Waals surface area contributed by atoms with Gasteiger partial charge in [0.15, 0.2) is 0 Å². The van der Waals surface area contributed by atoms with Crippen molar-refractivity contribution in [2.45, 2.75) is 6.42 Å². The van der Waals surface area contributed by atoms with Crippen molar-refractivity contribution in [2.75, 3.05) is 17.6 Å². The molecular weight excluding hydrogens is 250 g/mol. The van der Waals surface area contributed by atoms with Gasteiger partial charge in [0.05, 0.1) is 23.6 Å². The minimum Gasteiger partial charge on any atom is -0.396 e. The highest BCUT2D eigenvalue weighted by atomic mass is 15.1. The molecule has 0 bridgehead atoms. The summed E-state index contributed by atoms with van der Waals surface area (Å²) in [4.78, 5) is 12.7. The summed E-state index contributed by atoms with van der Waals surface area (Å²) in [5.41, 5.74) is 8.38. The van der Waals surface area contributed by atoms with Crippen molar-refractivity contribution >= 4 is 22.5 Å². The molecule has 0 saturated heterocycles. The maximum Gasteiger partial charge on any atom is 0.222 e. The first-order chi connectivity index (χ1) is 9.83. The molecule has 3 N–H and O–H groups in total. The molecule has 1 aromatic carbocycles. The van der Waals surface area contributed by atoms with Gasteiger partial charge >= 0.3 is 0 Å². The Morgan fingerprint density at radius 3 is 2.65 bits per heavy atom. The molecule has 0 amide bonds. The summed E-state index contributed by atoms with van der Waals surface area (Å²) in [7, 11) is 0. The van der Waals surface area contributed by atoms with Crippen LogP contribution in [-0.2, 0) is 6.42 Å². The van der Waals surface area contributed by atoms with E-state index in [1.165, 1.54) is 5.56 Å². The van der Waals surface area contributed by atoms with Gasteiger partial charge in [-0.25, -0.2) is 9.97 Å². The van der Waals surface area contributed by atoms with Crippen LogP contribution in [0.4, 0.5) is 11.6 Å². The number of benzene rings is 1. The van der Waals surface area contributed by atoms with Gasteiger partial charge in [-0.1, -0.05) is 24.3 Å². The maximum atomic E-state index is 5.55. The van der Waals surface area contributed by atoms with Gasteiger partial charge in [0.1, 0.15) is 0 Å². The third kappa shape index (κ3) is 2.66. The average molecular weight is 265 g/mol. The Labute approximate surface area is 116 Å². The Hall–Kier alpha value is -2.69. The van der Waals surface area contributed by atoms with E-state index in [9.17, 15) is 0 Å². The van der Waals surface area contributed by atoms with E-state index in [0.717, 1.165) is 23.9 Å². The van der Waals surface area contributed by atoms with Crippen LogP contribution in [-0.4, -0.2) is 21.5 Å². The van der Waals surface area contributed by atoms with Crippen LogP contribution in [0.1, 0.15) is 5.56 Å². The molecule has 0 aliphatic rings. The van der Waals surface area contributed by atoms with Gasteiger partial charge in [-0.2, -0.15) is 0 Å². The molecule has 0 radical (unpaired) electrons. The molecule has 0 spiro atoms. The SMILES string of the molecule is Nc1cnc(NCCc2cccc3cccnc23)nc1. The number of nitrogens with two attached hydrogens (primary N) is 1. The topological polar surface area (TPSA) is 76.7 Å². The van der Waals surface area contributed by atoms with Crippen molar-refractivity contribution in [3.05, 3.63) is 54.5 Å². The molecule has 3 aromatic rings. The summed E-state index contributed by atoms with van der Waals surface area (Å²) in [6, 6.07) is 10.2. The monoisotopic (exact) mass is 265 g/mol. The van der Waals surface area contributed by atoms with Crippen LogP contribution in [0.5, 0.6) is 0 Å². The summed E-state index contributed by atoms with van der Waals surface area (Å²) >= 11 is 0. The summed E-state index contributed by atoms with van der Waals surface area (Å²) in [5.74, 6) is 0.590. The molecule has 5 heteroatoms. The van der Waals surface area contributed by atoms with Crippen LogP contribution >= 0.6 is 0 Å².